The highest BCUT2D eigenvalue weighted by Gasteiger charge is 2.31. The molecule has 0 spiro atoms. The summed E-state index contributed by atoms with van der Waals surface area (Å²) in [4.78, 5) is 5.33. The van der Waals surface area contributed by atoms with Gasteiger partial charge in [-0.2, -0.15) is 0 Å². The zero-order valence-corrected chi connectivity index (χ0v) is 12.9. The van der Waals surface area contributed by atoms with E-state index in [1.54, 1.807) is 0 Å². The summed E-state index contributed by atoms with van der Waals surface area (Å²) in [5.41, 5.74) is 0. The molecule has 0 bridgehead atoms. The lowest BCUT2D eigenvalue weighted by Gasteiger charge is -2.47. The summed E-state index contributed by atoms with van der Waals surface area (Å²) in [5.74, 6) is 0. The number of unbranched alkanes of at least 4 members (excludes halogenated alkanes) is 6. The summed E-state index contributed by atoms with van der Waals surface area (Å²) in [6.45, 7) is 11.2. The molecule has 1 N–H and O–H groups in total. The fraction of sp³-hybridized carbons (Fsp3) is 1.00. The number of piperazine rings is 1. The number of likely N-dealkylation sites (tertiary alicyclic amines) is 1. The maximum absolute atomic E-state index is 3.44. The Morgan fingerprint density at radius 1 is 0.895 bits per heavy atom. The van der Waals surface area contributed by atoms with Gasteiger partial charge < -0.3 is 10.2 Å². The van der Waals surface area contributed by atoms with Crippen molar-refractivity contribution in [1.82, 2.24) is 15.1 Å². The molecule has 0 radical (unpaired) electrons. The second kappa shape index (κ2) is 8.93. The lowest BCUT2D eigenvalue weighted by Crippen LogP contribution is -2.62. The van der Waals surface area contributed by atoms with Gasteiger partial charge in [-0.25, -0.2) is 0 Å². The van der Waals surface area contributed by atoms with Crippen LogP contribution in [-0.2, 0) is 0 Å². The third-order valence-electron chi connectivity index (χ3n) is 4.68. The highest BCUT2D eigenvalue weighted by molar-refractivity contribution is 4.89. The Kier molecular flexibility index (Phi) is 7.18. The van der Waals surface area contributed by atoms with E-state index in [0.717, 1.165) is 6.04 Å². The molecule has 0 atom stereocenters. The summed E-state index contributed by atoms with van der Waals surface area (Å²) < 4.78 is 0. The Hall–Kier alpha value is -0.120. The molecule has 0 aromatic carbocycles. The predicted octanol–water partition coefficient (Wildman–Crippen LogP) is 2.33. The van der Waals surface area contributed by atoms with E-state index < -0.39 is 0 Å². The van der Waals surface area contributed by atoms with Crippen molar-refractivity contribution in [1.29, 1.82) is 0 Å². The first-order chi connectivity index (χ1) is 9.40. The maximum Gasteiger partial charge on any atom is 0.0351 e. The lowest BCUT2D eigenvalue weighted by atomic mass is 10.0. The molecule has 0 aromatic heterocycles. The van der Waals surface area contributed by atoms with Crippen LogP contribution in [0.5, 0.6) is 0 Å². The Morgan fingerprint density at radius 3 is 2.21 bits per heavy atom. The molecule has 2 fully saturated rings. The van der Waals surface area contributed by atoms with Crippen molar-refractivity contribution in [3.8, 4) is 0 Å². The minimum atomic E-state index is 0.867. The van der Waals surface area contributed by atoms with E-state index >= 15 is 0 Å². The molecule has 0 aromatic rings. The smallest absolute Gasteiger partial charge is 0.0351 e. The Balaban J connectivity index is 1.40. The van der Waals surface area contributed by atoms with Crippen LogP contribution >= 0.6 is 0 Å². The first kappa shape index (κ1) is 15.3. The highest BCUT2D eigenvalue weighted by Crippen LogP contribution is 2.16. The van der Waals surface area contributed by atoms with E-state index in [9.17, 15) is 0 Å². The van der Waals surface area contributed by atoms with Crippen molar-refractivity contribution in [3.05, 3.63) is 0 Å². The molecule has 0 saturated carbocycles. The van der Waals surface area contributed by atoms with Crippen LogP contribution < -0.4 is 5.32 Å². The third-order valence-corrected chi connectivity index (χ3v) is 4.68. The second-order valence-corrected chi connectivity index (χ2v) is 6.32. The quantitative estimate of drug-likeness (QED) is 0.647. The van der Waals surface area contributed by atoms with Gasteiger partial charge in [-0.1, -0.05) is 45.4 Å². The van der Waals surface area contributed by atoms with Crippen LogP contribution in [-0.4, -0.2) is 61.7 Å². The molecule has 3 heteroatoms. The number of hydrogen-bond donors (Lipinski definition) is 1. The Labute approximate surface area is 119 Å². The zero-order valence-electron chi connectivity index (χ0n) is 12.9. The van der Waals surface area contributed by atoms with Crippen LogP contribution in [0.15, 0.2) is 0 Å². The van der Waals surface area contributed by atoms with Crippen LogP contribution in [0.1, 0.15) is 51.9 Å². The van der Waals surface area contributed by atoms with Crippen molar-refractivity contribution in [2.75, 3.05) is 45.8 Å². The van der Waals surface area contributed by atoms with E-state index in [1.165, 1.54) is 90.8 Å². The minimum Gasteiger partial charge on any atom is -0.314 e. The molecule has 2 rings (SSSR count). The van der Waals surface area contributed by atoms with Gasteiger partial charge in [0, 0.05) is 45.3 Å². The summed E-state index contributed by atoms with van der Waals surface area (Å²) >= 11 is 0. The standard InChI is InChI=1S/C16H33N3/c1-2-3-4-5-6-7-8-11-18-14-16(15-18)19-12-9-17-10-13-19/h16-17H,2-15H2,1H3. The molecular weight excluding hydrogens is 234 g/mol. The highest BCUT2D eigenvalue weighted by atomic mass is 15.3. The fourth-order valence-electron chi connectivity index (χ4n) is 3.30. The average molecular weight is 267 g/mol. The van der Waals surface area contributed by atoms with Crippen LogP contribution in [0.2, 0.25) is 0 Å². The Morgan fingerprint density at radius 2 is 1.53 bits per heavy atom. The van der Waals surface area contributed by atoms with Gasteiger partial charge in [-0.3, -0.25) is 4.90 Å². The third kappa shape index (κ3) is 5.41. The van der Waals surface area contributed by atoms with Crippen LogP contribution in [0.25, 0.3) is 0 Å². The lowest BCUT2D eigenvalue weighted by molar-refractivity contribution is 0.0264. The van der Waals surface area contributed by atoms with E-state index in [0.29, 0.717) is 0 Å². The molecule has 2 heterocycles. The zero-order chi connectivity index (χ0) is 13.3. The predicted molar refractivity (Wildman–Crippen MR) is 82.7 cm³/mol. The second-order valence-electron chi connectivity index (χ2n) is 6.32. The van der Waals surface area contributed by atoms with Crippen LogP contribution in [0.3, 0.4) is 0 Å². The van der Waals surface area contributed by atoms with Crippen molar-refractivity contribution in [3.63, 3.8) is 0 Å². The molecule has 0 aliphatic carbocycles. The van der Waals surface area contributed by atoms with Crippen LogP contribution in [0, 0.1) is 0 Å². The normalized spacial score (nSPS) is 22.6. The summed E-state index contributed by atoms with van der Waals surface area (Å²) in [5, 5.41) is 3.44. The summed E-state index contributed by atoms with van der Waals surface area (Å²) in [7, 11) is 0. The number of nitrogens with zero attached hydrogens (tertiary/aromatic N) is 2. The van der Waals surface area contributed by atoms with Gasteiger partial charge in [-0.05, 0) is 13.0 Å². The average Bonchev–Trinajstić information content (AvgIpc) is 2.40. The number of nitrogens with one attached hydrogen (secondary N) is 1. The van der Waals surface area contributed by atoms with Crippen molar-refractivity contribution in [2.24, 2.45) is 0 Å². The van der Waals surface area contributed by atoms with Gasteiger partial charge in [0.25, 0.3) is 0 Å². The number of rotatable bonds is 9. The fourth-order valence-corrected chi connectivity index (χ4v) is 3.30. The van der Waals surface area contributed by atoms with Crippen molar-refractivity contribution >= 4 is 0 Å². The van der Waals surface area contributed by atoms with E-state index in [1.807, 2.05) is 0 Å². The van der Waals surface area contributed by atoms with Gasteiger partial charge in [-0.15, -0.1) is 0 Å². The van der Waals surface area contributed by atoms with E-state index in [2.05, 4.69) is 22.0 Å². The van der Waals surface area contributed by atoms with Gasteiger partial charge in [0.1, 0.15) is 0 Å². The largest absolute Gasteiger partial charge is 0.314 e. The first-order valence-electron chi connectivity index (χ1n) is 8.57. The van der Waals surface area contributed by atoms with Crippen LogP contribution in [0.4, 0.5) is 0 Å². The summed E-state index contributed by atoms with van der Waals surface area (Å²) in [6.07, 6.45) is 10.0. The van der Waals surface area contributed by atoms with Crippen molar-refractivity contribution < 1.29 is 0 Å². The molecule has 0 unspecified atom stereocenters. The van der Waals surface area contributed by atoms with Gasteiger partial charge in [0.05, 0.1) is 0 Å². The first-order valence-corrected chi connectivity index (χ1v) is 8.57. The Bertz CT molecular complexity index is 220. The molecule has 2 aliphatic heterocycles. The molecule has 0 amide bonds. The molecular formula is C16H33N3. The monoisotopic (exact) mass is 267 g/mol. The van der Waals surface area contributed by atoms with E-state index in [-0.39, 0.29) is 0 Å². The SMILES string of the molecule is CCCCCCCCCN1CC(N2CCNCC2)C1. The van der Waals surface area contributed by atoms with E-state index in [4.69, 9.17) is 0 Å². The molecule has 2 aliphatic rings. The topological polar surface area (TPSA) is 18.5 Å². The van der Waals surface area contributed by atoms with Gasteiger partial charge in [0.2, 0.25) is 0 Å². The molecule has 19 heavy (non-hydrogen) atoms. The molecule has 112 valence electrons. The van der Waals surface area contributed by atoms with Crippen molar-refractivity contribution in [2.45, 2.75) is 57.9 Å². The minimum absolute atomic E-state index is 0.867. The van der Waals surface area contributed by atoms with Gasteiger partial charge >= 0.3 is 0 Å². The molecule has 2 saturated heterocycles. The molecule has 3 nitrogen and oxygen atoms in total. The van der Waals surface area contributed by atoms with Gasteiger partial charge in [0.15, 0.2) is 0 Å². The summed E-state index contributed by atoms with van der Waals surface area (Å²) in [6, 6.07) is 0.867. The maximum atomic E-state index is 3.44. The number of hydrogen-bond acceptors (Lipinski definition) is 3.